The number of para-hydroxylation sites is 1. The molecule has 3 nitrogen and oxygen atoms in total. The van der Waals surface area contributed by atoms with Crippen LogP contribution in [0.3, 0.4) is 0 Å². The highest BCUT2D eigenvalue weighted by Crippen LogP contribution is 2.29. The number of piperidine rings is 1. The highest BCUT2D eigenvalue weighted by molar-refractivity contribution is 5.33. The Hall–Kier alpha value is -1.06. The van der Waals surface area contributed by atoms with Crippen molar-refractivity contribution in [3.63, 3.8) is 0 Å². The van der Waals surface area contributed by atoms with E-state index in [0.29, 0.717) is 24.7 Å². The second-order valence-electron chi connectivity index (χ2n) is 7.04. The highest BCUT2D eigenvalue weighted by Gasteiger charge is 2.26. The third-order valence-electron chi connectivity index (χ3n) is 5.31. The Bertz CT molecular complexity index is 470. The van der Waals surface area contributed by atoms with Crippen LogP contribution in [0.2, 0.25) is 0 Å². The average Bonchev–Trinajstić information content (AvgIpc) is 3.04. The standard InChI is InChI=1S/C19H29NO2/c1-15-10-11-16(14-21)12-20(15)13-17-6-2-5-9-19(17)22-18-7-3-4-8-18/h2,5-6,9,15-16,18,21H,3-4,7-8,10-14H2,1H3/t15-,16+/m0/s1. The van der Waals surface area contributed by atoms with E-state index in [4.69, 9.17) is 4.74 Å². The summed E-state index contributed by atoms with van der Waals surface area (Å²) in [6.45, 7) is 4.54. The van der Waals surface area contributed by atoms with Crippen LogP contribution in [0, 0.1) is 5.92 Å². The molecule has 0 unspecified atom stereocenters. The van der Waals surface area contributed by atoms with Crippen LogP contribution in [0.4, 0.5) is 0 Å². The molecule has 3 heteroatoms. The Kier molecular flexibility index (Phi) is 5.37. The summed E-state index contributed by atoms with van der Waals surface area (Å²) in [5.74, 6) is 1.49. The Balaban J connectivity index is 1.68. The Morgan fingerprint density at radius 3 is 2.68 bits per heavy atom. The maximum absolute atomic E-state index is 9.45. The number of hydrogen-bond donors (Lipinski definition) is 1. The number of likely N-dealkylation sites (tertiary alicyclic amines) is 1. The van der Waals surface area contributed by atoms with Gasteiger partial charge in [0, 0.05) is 31.3 Å². The van der Waals surface area contributed by atoms with Crippen LogP contribution in [0.25, 0.3) is 0 Å². The largest absolute Gasteiger partial charge is 0.490 e. The number of ether oxygens (including phenoxy) is 1. The minimum Gasteiger partial charge on any atom is -0.490 e. The van der Waals surface area contributed by atoms with Crippen molar-refractivity contribution in [2.75, 3.05) is 13.2 Å². The van der Waals surface area contributed by atoms with Crippen molar-refractivity contribution >= 4 is 0 Å². The zero-order valence-electron chi connectivity index (χ0n) is 13.7. The molecule has 1 aliphatic carbocycles. The van der Waals surface area contributed by atoms with Crippen LogP contribution in [0.15, 0.2) is 24.3 Å². The van der Waals surface area contributed by atoms with Gasteiger partial charge in [-0.25, -0.2) is 0 Å². The summed E-state index contributed by atoms with van der Waals surface area (Å²) in [5, 5.41) is 9.45. The van der Waals surface area contributed by atoms with Gasteiger partial charge in [-0.05, 0) is 57.4 Å². The molecule has 0 aromatic heterocycles. The van der Waals surface area contributed by atoms with Gasteiger partial charge in [-0.1, -0.05) is 18.2 Å². The number of hydrogen-bond acceptors (Lipinski definition) is 3. The lowest BCUT2D eigenvalue weighted by molar-refractivity contribution is 0.0758. The van der Waals surface area contributed by atoms with Gasteiger partial charge in [-0.2, -0.15) is 0 Å². The van der Waals surface area contributed by atoms with E-state index in [1.165, 1.54) is 37.7 Å². The molecule has 1 N–H and O–H groups in total. The second-order valence-corrected chi connectivity index (χ2v) is 7.04. The molecular formula is C19H29NO2. The fraction of sp³-hybridized carbons (Fsp3) is 0.684. The van der Waals surface area contributed by atoms with Crippen molar-refractivity contribution in [2.24, 2.45) is 5.92 Å². The summed E-state index contributed by atoms with van der Waals surface area (Å²) in [5.41, 5.74) is 1.29. The molecule has 3 rings (SSSR count). The topological polar surface area (TPSA) is 32.7 Å². The van der Waals surface area contributed by atoms with Crippen LogP contribution in [0.5, 0.6) is 5.75 Å². The first-order valence-electron chi connectivity index (χ1n) is 8.85. The molecule has 0 amide bonds. The van der Waals surface area contributed by atoms with Crippen LogP contribution >= 0.6 is 0 Å². The molecule has 2 aliphatic rings. The number of aliphatic hydroxyl groups excluding tert-OH is 1. The quantitative estimate of drug-likeness (QED) is 0.902. The van der Waals surface area contributed by atoms with Gasteiger partial charge < -0.3 is 9.84 Å². The zero-order chi connectivity index (χ0) is 15.4. The molecule has 1 saturated carbocycles. The SMILES string of the molecule is C[C@H]1CC[C@@H](CO)CN1Cc1ccccc1OC1CCCC1. The first-order valence-corrected chi connectivity index (χ1v) is 8.85. The summed E-state index contributed by atoms with van der Waals surface area (Å²) in [6.07, 6.45) is 7.72. The lowest BCUT2D eigenvalue weighted by Gasteiger charge is -2.37. The van der Waals surface area contributed by atoms with Gasteiger partial charge in [-0.15, -0.1) is 0 Å². The molecule has 1 heterocycles. The molecule has 0 radical (unpaired) electrons. The molecule has 1 aromatic rings. The van der Waals surface area contributed by atoms with Gasteiger partial charge >= 0.3 is 0 Å². The van der Waals surface area contributed by atoms with Gasteiger partial charge in [0.05, 0.1) is 6.10 Å². The van der Waals surface area contributed by atoms with Gasteiger partial charge in [0.25, 0.3) is 0 Å². The molecule has 1 aromatic carbocycles. The Labute approximate surface area is 134 Å². The van der Waals surface area contributed by atoms with Crippen LogP contribution in [-0.2, 0) is 6.54 Å². The molecule has 0 bridgehead atoms. The smallest absolute Gasteiger partial charge is 0.124 e. The predicted octanol–water partition coefficient (Wildman–Crippen LogP) is 3.60. The molecule has 122 valence electrons. The normalized spacial score (nSPS) is 27.2. The lowest BCUT2D eigenvalue weighted by Crippen LogP contribution is -2.42. The fourth-order valence-electron chi connectivity index (χ4n) is 3.79. The number of rotatable bonds is 5. The van der Waals surface area contributed by atoms with E-state index in [0.717, 1.165) is 25.3 Å². The first-order chi connectivity index (χ1) is 10.8. The average molecular weight is 303 g/mol. The molecule has 2 fully saturated rings. The minimum atomic E-state index is 0.309. The molecule has 1 saturated heterocycles. The summed E-state index contributed by atoms with van der Waals surface area (Å²) in [4.78, 5) is 2.50. The molecular weight excluding hydrogens is 274 g/mol. The van der Waals surface area contributed by atoms with Crippen LogP contribution < -0.4 is 4.74 Å². The van der Waals surface area contributed by atoms with E-state index >= 15 is 0 Å². The van der Waals surface area contributed by atoms with Crippen molar-refractivity contribution in [2.45, 2.75) is 64.1 Å². The Morgan fingerprint density at radius 1 is 1.14 bits per heavy atom. The Morgan fingerprint density at radius 2 is 1.91 bits per heavy atom. The molecule has 2 atom stereocenters. The summed E-state index contributed by atoms with van der Waals surface area (Å²) in [6, 6.07) is 9.08. The summed E-state index contributed by atoms with van der Waals surface area (Å²) < 4.78 is 6.26. The molecule has 1 aliphatic heterocycles. The van der Waals surface area contributed by atoms with E-state index in [1.807, 2.05) is 0 Å². The lowest BCUT2D eigenvalue weighted by atomic mass is 9.93. The third kappa shape index (κ3) is 3.82. The van der Waals surface area contributed by atoms with Crippen LogP contribution in [-0.4, -0.2) is 35.3 Å². The number of nitrogens with zero attached hydrogens (tertiary/aromatic N) is 1. The monoisotopic (exact) mass is 303 g/mol. The van der Waals surface area contributed by atoms with Crippen molar-refractivity contribution in [3.05, 3.63) is 29.8 Å². The summed E-state index contributed by atoms with van der Waals surface area (Å²) in [7, 11) is 0. The van der Waals surface area contributed by atoms with Crippen molar-refractivity contribution in [1.29, 1.82) is 0 Å². The van der Waals surface area contributed by atoms with E-state index in [2.05, 4.69) is 36.1 Å². The van der Waals surface area contributed by atoms with Gasteiger partial charge in [0.2, 0.25) is 0 Å². The molecule has 0 spiro atoms. The van der Waals surface area contributed by atoms with Gasteiger partial charge in [0.15, 0.2) is 0 Å². The number of aliphatic hydroxyl groups is 1. The van der Waals surface area contributed by atoms with Crippen LogP contribution in [0.1, 0.15) is 51.0 Å². The van der Waals surface area contributed by atoms with Crippen molar-refractivity contribution in [3.8, 4) is 5.75 Å². The number of benzene rings is 1. The maximum atomic E-state index is 9.45. The van der Waals surface area contributed by atoms with E-state index in [9.17, 15) is 5.11 Å². The van der Waals surface area contributed by atoms with Crippen molar-refractivity contribution in [1.82, 2.24) is 4.90 Å². The van der Waals surface area contributed by atoms with E-state index in [1.54, 1.807) is 0 Å². The third-order valence-corrected chi connectivity index (χ3v) is 5.31. The second kappa shape index (κ2) is 7.47. The highest BCUT2D eigenvalue weighted by atomic mass is 16.5. The van der Waals surface area contributed by atoms with Crippen molar-refractivity contribution < 1.29 is 9.84 Å². The summed E-state index contributed by atoms with van der Waals surface area (Å²) >= 11 is 0. The first kappa shape index (κ1) is 15.8. The minimum absolute atomic E-state index is 0.309. The predicted molar refractivity (Wildman–Crippen MR) is 89.0 cm³/mol. The maximum Gasteiger partial charge on any atom is 0.124 e. The fourth-order valence-corrected chi connectivity index (χ4v) is 3.79. The van der Waals surface area contributed by atoms with E-state index < -0.39 is 0 Å². The van der Waals surface area contributed by atoms with E-state index in [-0.39, 0.29) is 0 Å². The molecule has 22 heavy (non-hydrogen) atoms. The van der Waals surface area contributed by atoms with Gasteiger partial charge in [0.1, 0.15) is 5.75 Å². The zero-order valence-corrected chi connectivity index (χ0v) is 13.7. The van der Waals surface area contributed by atoms with Gasteiger partial charge in [-0.3, -0.25) is 4.90 Å².